The summed E-state index contributed by atoms with van der Waals surface area (Å²) in [5.74, 6) is 0. The molecule has 2 heterocycles. The third-order valence-electron chi connectivity index (χ3n) is 11.2. The standard InChI is InChI=1S/C54H36N2O/c1-3-17-37(18-4-1)38-33-35-40(36-34-38)55(47-27-11-7-21-41(47)39-19-5-2-6-20-39)50-30-16-31-51-53(50)46-24-9-13-29-49(46)56(51)48-28-12-8-22-42(48)44-25-15-26-45-43-23-10-14-32-52(43)57-54(44)45/h1-36H. The maximum atomic E-state index is 6.60. The van der Waals surface area contributed by atoms with Crippen molar-refractivity contribution >= 4 is 60.8 Å². The molecule has 0 fully saturated rings. The Morgan fingerprint density at radius 3 is 1.74 bits per heavy atom. The fourth-order valence-electron chi connectivity index (χ4n) is 8.67. The second-order valence-electron chi connectivity index (χ2n) is 14.5. The Balaban J connectivity index is 1.17. The van der Waals surface area contributed by atoms with Gasteiger partial charge in [0.1, 0.15) is 11.2 Å². The molecule has 57 heavy (non-hydrogen) atoms. The van der Waals surface area contributed by atoms with Crippen LogP contribution in [0, 0.1) is 0 Å². The van der Waals surface area contributed by atoms with Gasteiger partial charge in [-0.1, -0.05) is 170 Å². The molecule has 3 heteroatoms. The summed E-state index contributed by atoms with van der Waals surface area (Å²) in [5, 5.41) is 4.61. The summed E-state index contributed by atoms with van der Waals surface area (Å²) in [5.41, 5.74) is 15.3. The number of fused-ring (bicyclic) bond motifs is 6. The maximum absolute atomic E-state index is 6.60. The Hall–Kier alpha value is -7.62. The lowest BCUT2D eigenvalue weighted by atomic mass is 10.00. The molecular formula is C54H36N2O. The fourth-order valence-corrected chi connectivity index (χ4v) is 8.67. The van der Waals surface area contributed by atoms with Crippen LogP contribution in [-0.2, 0) is 0 Å². The molecule has 0 N–H and O–H groups in total. The molecule has 2 aromatic heterocycles. The van der Waals surface area contributed by atoms with Crippen molar-refractivity contribution in [3.8, 4) is 39.1 Å². The van der Waals surface area contributed by atoms with Gasteiger partial charge in [0, 0.05) is 43.9 Å². The van der Waals surface area contributed by atoms with Gasteiger partial charge >= 0.3 is 0 Å². The van der Waals surface area contributed by atoms with Gasteiger partial charge in [0.25, 0.3) is 0 Å². The molecule has 11 rings (SSSR count). The third-order valence-corrected chi connectivity index (χ3v) is 11.2. The summed E-state index contributed by atoms with van der Waals surface area (Å²) in [6.07, 6.45) is 0. The van der Waals surface area contributed by atoms with Crippen LogP contribution in [0.15, 0.2) is 223 Å². The summed E-state index contributed by atoms with van der Waals surface area (Å²) >= 11 is 0. The molecule has 3 nitrogen and oxygen atoms in total. The smallest absolute Gasteiger partial charge is 0.143 e. The summed E-state index contributed by atoms with van der Waals surface area (Å²) < 4.78 is 9.04. The minimum atomic E-state index is 0.895. The van der Waals surface area contributed by atoms with Gasteiger partial charge in [-0.05, 0) is 65.2 Å². The topological polar surface area (TPSA) is 21.3 Å². The van der Waals surface area contributed by atoms with E-state index in [0.29, 0.717) is 0 Å². The van der Waals surface area contributed by atoms with Gasteiger partial charge in [-0.3, -0.25) is 0 Å². The van der Waals surface area contributed by atoms with Crippen molar-refractivity contribution in [2.24, 2.45) is 0 Å². The Labute approximate surface area is 330 Å². The molecule has 0 bridgehead atoms. The Morgan fingerprint density at radius 1 is 0.351 bits per heavy atom. The van der Waals surface area contributed by atoms with Crippen molar-refractivity contribution in [3.05, 3.63) is 218 Å². The molecule has 11 aromatic rings. The number of anilines is 3. The van der Waals surface area contributed by atoms with E-state index < -0.39 is 0 Å². The summed E-state index contributed by atoms with van der Waals surface area (Å²) in [6, 6.07) is 78.1. The van der Waals surface area contributed by atoms with Gasteiger partial charge in [0.2, 0.25) is 0 Å². The lowest BCUT2D eigenvalue weighted by Gasteiger charge is -2.29. The second kappa shape index (κ2) is 13.6. The van der Waals surface area contributed by atoms with E-state index in [4.69, 9.17) is 4.42 Å². The van der Waals surface area contributed by atoms with E-state index in [1.807, 2.05) is 6.07 Å². The normalized spacial score (nSPS) is 11.5. The quantitative estimate of drug-likeness (QED) is 0.163. The van der Waals surface area contributed by atoms with E-state index in [2.05, 4.69) is 222 Å². The zero-order valence-electron chi connectivity index (χ0n) is 31.1. The summed E-state index contributed by atoms with van der Waals surface area (Å²) in [7, 11) is 0. The van der Waals surface area contributed by atoms with Crippen LogP contribution in [0.5, 0.6) is 0 Å². The average Bonchev–Trinajstić information content (AvgIpc) is 3.84. The van der Waals surface area contributed by atoms with Gasteiger partial charge < -0.3 is 13.9 Å². The van der Waals surface area contributed by atoms with Gasteiger partial charge in [-0.2, -0.15) is 0 Å². The maximum Gasteiger partial charge on any atom is 0.143 e. The second-order valence-corrected chi connectivity index (χ2v) is 14.5. The zero-order chi connectivity index (χ0) is 37.7. The highest BCUT2D eigenvalue weighted by atomic mass is 16.3. The van der Waals surface area contributed by atoms with Crippen LogP contribution in [-0.4, -0.2) is 4.57 Å². The molecular weight excluding hydrogens is 693 g/mol. The Kier molecular flexibility index (Phi) is 7.82. The minimum Gasteiger partial charge on any atom is -0.455 e. The molecule has 0 saturated heterocycles. The molecule has 0 spiro atoms. The highest BCUT2D eigenvalue weighted by molar-refractivity contribution is 6.18. The van der Waals surface area contributed by atoms with Gasteiger partial charge in [0.05, 0.1) is 28.1 Å². The number of furan rings is 1. The number of benzene rings is 9. The van der Waals surface area contributed by atoms with Gasteiger partial charge in [0.15, 0.2) is 0 Å². The van der Waals surface area contributed by atoms with E-state index in [0.717, 1.165) is 72.4 Å². The van der Waals surface area contributed by atoms with Crippen LogP contribution < -0.4 is 4.90 Å². The first-order valence-electron chi connectivity index (χ1n) is 19.4. The molecule has 0 aliphatic rings. The lowest BCUT2D eigenvalue weighted by Crippen LogP contribution is -2.11. The first-order valence-corrected chi connectivity index (χ1v) is 19.4. The first kappa shape index (κ1) is 32.8. The molecule has 268 valence electrons. The predicted octanol–water partition coefficient (Wildman–Crippen LogP) is 15.2. The molecule has 0 aliphatic heterocycles. The van der Waals surface area contributed by atoms with E-state index in [-0.39, 0.29) is 0 Å². The third kappa shape index (κ3) is 5.43. The molecule has 0 atom stereocenters. The number of nitrogens with zero attached hydrogens (tertiary/aromatic N) is 2. The highest BCUT2D eigenvalue weighted by Gasteiger charge is 2.24. The molecule has 0 unspecified atom stereocenters. The zero-order valence-corrected chi connectivity index (χ0v) is 31.1. The Bertz CT molecular complexity index is 3230. The molecule has 9 aromatic carbocycles. The number of hydrogen-bond acceptors (Lipinski definition) is 2. The first-order chi connectivity index (χ1) is 28.3. The average molecular weight is 729 g/mol. The van der Waals surface area contributed by atoms with Crippen LogP contribution in [0.2, 0.25) is 0 Å². The number of aromatic nitrogens is 1. The largest absolute Gasteiger partial charge is 0.455 e. The van der Waals surface area contributed by atoms with Crippen molar-refractivity contribution < 1.29 is 4.42 Å². The summed E-state index contributed by atoms with van der Waals surface area (Å²) in [6.45, 7) is 0. The summed E-state index contributed by atoms with van der Waals surface area (Å²) in [4.78, 5) is 2.44. The number of rotatable bonds is 7. The van der Waals surface area contributed by atoms with Crippen LogP contribution in [0.1, 0.15) is 0 Å². The molecule has 0 amide bonds. The van der Waals surface area contributed by atoms with Crippen molar-refractivity contribution in [2.45, 2.75) is 0 Å². The van der Waals surface area contributed by atoms with Gasteiger partial charge in [-0.15, -0.1) is 0 Å². The molecule has 0 radical (unpaired) electrons. The van der Waals surface area contributed by atoms with Crippen LogP contribution in [0.3, 0.4) is 0 Å². The Morgan fingerprint density at radius 2 is 0.912 bits per heavy atom. The van der Waals surface area contributed by atoms with Gasteiger partial charge in [-0.25, -0.2) is 0 Å². The number of para-hydroxylation sites is 5. The number of hydrogen-bond donors (Lipinski definition) is 0. The fraction of sp³-hybridized carbons (Fsp3) is 0. The van der Waals surface area contributed by atoms with Crippen LogP contribution in [0.25, 0.3) is 82.8 Å². The van der Waals surface area contributed by atoms with Crippen molar-refractivity contribution in [1.82, 2.24) is 4.57 Å². The van der Waals surface area contributed by atoms with Crippen LogP contribution >= 0.6 is 0 Å². The van der Waals surface area contributed by atoms with Crippen molar-refractivity contribution in [3.63, 3.8) is 0 Å². The van der Waals surface area contributed by atoms with E-state index in [1.54, 1.807) is 0 Å². The van der Waals surface area contributed by atoms with Crippen LogP contribution in [0.4, 0.5) is 17.1 Å². The highest BCUT2D eigenvalue weighted by Crippen LogP contribution is 2.48. The SMILES string of the molecule is c1ccc(-c2ccc(N(c3ccccc3-c3ccccc3)c3cccc4c3c3ccccc3n4-c3ccccc3-c3cccc4c3oc3ccccc34)cc2)cc1. The van der Waals surface area contributed by atoms with E-state index >= 15 is 0 Å². The minimum absolute atomic E-state index is 0.895. The molecule has 0 aliphatic carbocycles. The van der Waals surface area contributed by atoms with Crippen molar-refractivity contribution in [1.29, 1.82) is 0 Å². The lowest BCUT2D eigenvalue weighted by molar-refractivity contribution is 0.670. The monoisotopic (exact) mass is 728 g/mol. The van der Waals surface area contributed by atoms with E-state index in [1.165, 1.54) is 27.5 Å². The van der Waals surface area contributed by atoms with Crippen molar-refractivity contribution in [2.75, 3.05) is 4.90 Å². The van der Waals surface area contributed by atoms with E-state index in [9.17, 15) is 0 Å². The predicted molar refractivity (Wildman–Crippen MR) is 239 cm³/mol. The molecule has 0 saturated carbocycles.